The normalized spacial score (nSPS) is 11.6. The van der Waals surface area contributed by atoms with Gasteiger partial charge in [0, 0.05) is 19.5 Å². The maximum absolute atomic E-state index is 12.0. The molecular weight excluding hydrogens is 200 g/mol. The fourth-order valence-corrected chi connectivity index (χ4v) is 1.63. The summed E-state index contributed by atoms with van der Waals surface area (Å²) in [5, 5.41) is 0. The molecule has 0 saturated heterocycles. The van der Waals surface area contributed by atoms with Crippen LogP contribution in [0.2, 0.25) is 0 Å². The standard InChI is InChI=1S/C13H28N2O/c1-5-7-8-12(16)15(9-6-2)11-13(3,4)10-14/h5-11,14H2,1-4H3. The van der Waals surface area contributed by atoms with Gasteiger partial charge in [0.05, 0.1) is 0 Å². The van der Waals surface area contributed by atoms with E-state index in [-0.39, 0.29) is 11.3 Å². The Morgan fingerprint density at radius 2 is 1.88 bits per heavy atom. The van der Waals surface area contributed by atoms with Gasteiger partial charge in [-0.15, -0.1) is 0 Å². The topological polar surface area (TPSA) is 46.3 Å². The molecular formula is C13H28N2O. The molecule has 16 heavy (non-hydrogen) atoms. The van der Waals surface area contributed by atoms with E-state index in [9.17, 15) is 4.79 Å². The first-order chi connectivity index (χ1) is 7.46. The van der Waals surface area contributed by atoms with E-state index in [1.54, 1.807) is 0 Å². The maximum atomic E-state index is 12.0. The van der Waals surface area contributed by atoms with Gasteiger partial charge < -0.3 is 10.6 Å². The monoisotopic (exact) mass is 228 g/mol. The molecule has 3 heteroatoms. The average molecular weight is 228 g/mol. The van der Waals surface area contributed by atoms with Gasteiger partial charge in [-0.05, 0) is 24.8 Å². The molecule has 0 spiro atoms. The summed E-state index contributed by atoms with van der Waals surface area (Å²) in [5.41, 5.74) is 5.74. The summed E-state index contributed by atoms with van der Waals surface area (Å²) in [6, 6.07) is 0. The Labute approximate surface area is 100 Å². The Bertz CT molecular complexity index is 202. The van der Waals surface area contributed by atoms with E-state index in [4.69, 9.17) is 5.73 Å². The van der Waals surface area contributed by atoms with Crippen molar-refractivity contribution in [3.05, 3.63) is 0 Å². The number of unbranched alkanes of at least 4 members (excludes halogenated alkanes) is 1. The Morgan fingerprint density at radius 1 is 1.25 bits per heavy atom. The first-order valence-corrected chi connectivity index (χ1v) is 6.44. The fraction of sp³-hybridized carbons (Fsp3) is 0.923. The number of carbonyl (C=O) groups excluding carboxylic acids is 1. The van der Waals surface area contributed by atoms with Gasteiger partial charge in [0.2, 0.25) is 5.91 Å². The Hall–Kier alpha value is -0.570. The van der Waals surface area contributed by atoms with Crippen LogP contribution in [0, 0.1) is 5.41 Å². The Kier molecular flexibility index (Phi) is 7.39. The number of nitrogens with zero attached hydrogens (tertiary/aromatic N) is 1. The summed E-state index contributed by atoms with van der Waals surface area (Å²) in [6.45, 7) is 10.7. The smallest absolute Gasteiger partial charge is 0.222 e. The minimum absolute atomic E-state index is 0.0248. The molecule has 0 heterocycles. The van der Waals surface area contributed by atoms with E-state index in [1.807, 2.05) is 4.90 Å². The summed E-state index contributed by atoms with van der Waals surface area (Å²) in [6.07, 6.45) is 3.75. The van der Waals surface area contributed by atoms with Crippen LogP contribution < -0.4 is 5.73 Å². The Balaban J connectivity index is 4.30. The maximum Gasteiger partial charge on any atom is 0.222 e. The second-order valence-corrected chi connectivity index (χ2v) is 5.29. The van der Waals surface area contributed by atoms with E-state index in [1.165, 1.54) is 0 Å². The fourth-order valence-electron chi connectivity index (χ4n) is 1.63. The first-order valence-electron chi connectivity index (χ1n) is 6.44. The molecule has 3 nitrogen and oxygen atoms in total. The van der Waals surface area contributed by atoms with Crippen molar-refractivity contribution in [1.29, 1.82) is 0 Å². The van der Waals surface area contributed by atoms with Gasteiger partial charge in [-0.1, -0.05) is 34.1 Å². The van der Waals surface area contributed by atoms with Gasteiger partial charge in [0.15, 0.2) is 0 Å². The molecule has 0 rings (SSSR count). The van der Waals surface area contributed by atoms with Gasteiger partial charge >= 0.3 is 0 Å². The third kappa shape index (κ3) is 6.11. The number of nitrogens with two attached hydrogens (primary N) is 1. The van der Waals surface area contributed by atoms with E-state index in [0.29, 0.717) is 13.0 Å². The van der Waals surface area contributed by atoms with Crippen molar-refractivity contribution in [1.82, 2.24) is 4.90 Å². The number of carbonyl (C=O) groups is 1. The third-order valence-electron chi connectivity index (χ3n) is 2.76. The van der Waals surface area contributed by atoms with Crippen LogP contribution in [-0.2, 0) is 4.79 Å². The number of hydrogen-bond donors (Lipinski definition) is 1. The van der Waals surface area contributed by atoms with Crippen molar-refractivity contribution in [3.63, 3.8) is 0 Å². The van der Waals surface area contributed by atoms with Gasteiger partial charge in [0.25, 0.3) is 0 Å². The minimum Gasteiger partial charge on any atom is -0.342 e. The molecule has 0 aliphatic rings. The zero-order valence-electron chi connectivity index (χ0n) is 11.4. The van der Waals surface area contributed by atoms with Crippen molar-refractivity contribution in [2.24, 2.45) is 11.1 Å². The van der Waals surface area contributed by atoms with Crippen molar-refractivity contribution in [3.8, 4) is 0 Å². The van der Waals surface area contributed by atoms with Crippen LogP contribution in [0.25, 0.3) is 0 Å². The molecule has 0 fully saturated rings. The van der Waals surface area contributed by atoms with Crippen LogP contribution in [0.1, 0.15) is 53.4 Å². The highest BCUT2D eigenvalue weighted by Gasteiger charge is 2.22. The van der Waals surface area contributed by atoms with Crippen LogP contribution in [0.4, 0.5) is 0 Å². The lowest BCUT2D eigenvalue weighted by atomic mass is 9.93. The van der Waals surface area contributed by atoms with Gasteiger partial charge in [-0.3, -0.25) is 4.79 Å². The van der Waals surface area contributed by atoms with E-state index < -0.39 is 0 Å². The van der Waals surface area contributed by atoms with Crippen LogP contribution in [0.5, 0.6) is 0 Å². The molecule has 0 aromatic heterocycles. The van der Waals surface area contributed by atoms with Gasteiger partial charge in [-0.2, -0.15) is 0 Å². The van der Waals surface area contributed by atoms with Crippen LogP contribution in [0.15, 0.2) is 0 Å². The molecule has 0 atom stereocenters. The van der Waals surface area contributed by atoms with Gasteiger partial charge in [-0.25, -0.2) is 0 Å². The lowest BCUT2D eigenvalue weighted by molar-refractivity contribution is -0.132. The molecule has 0 aliphatic carbocycles. The molecule has 96 valence electrons. The molecule has 0 aromatic rings. The van der Waals surface area contributed by atoms with Crippen LogP contribution in [0.3, 0.4) is 0 Å². The molecule has 0 unspecified atom stereocenters. The van der Waals surface area contributed by atoms with Crippen molar-refractivity contribution in [2.75, 3.05) is 19.6 Å². The minimum atomic E-state index is 0.0248. The predicted molar refractivity (Wildman–Crippen MR) is 69.2 cm³/mol. The highest BCUT2D eigenvalue weighted by Crippen LogP contribution is 2.16. The average Bonchev–Trinajstić information content (AvgIpc) is 2.25. The van der Waals surface area contributed by atoms with Crippen molar-refractivity contribution >= 4 is 5.91 Å². The summed E-state index contributed by atoms with van der Waals surface area (Å²) < 4.78 is 0. The predicted octanol–water partition coefficient (Wildman–Crippen LogP) is 2.40. The molecule has 0 radical (unpaired) electrons. The highest BCUT2D eigenvalue weighted by molar-refractivity contribution is 5.76. The largest absolute Gasteiger partial charge is 0.342 e. The van der Waals surface area contributed by atoms with Crippen molar-refractivity contribution < 1.29 is 4.79 Å². The number of rotatable bonds is 8. The molecule has 0 aliphatic heterocycles. The van der Waals surface area contributed by atoms with Gasteiger partial charge in [0.1, 0.15) is 0 Å². The summed E-state index contributed by atoms with van der Waals surface area (Å²) in [7, 11) is 0. The third-order valence-corrected chi connectivity index (χ3v) is 2.76. The first kappa shape index (κ1) is 15.4. The van der Waals surface area contributed by atoms with Crippen molar-refractivity contribution in [2.45, 2.75) is 53.4 Å². The molecule has 0 saturated carbocycles. The molecule has 2 N–H and O–H groups in total. The van der Waals surface area contributed by atoms with E-state index in [0.717, 1.165) is 32.4 Å². The second kappa shape index (κ2) is 7.66. The molecule has 0 aromatic carbocycles. The Morgan fingerprint density at radius 3 is 2.31 bits per heavy atom. The molecule has 0 bridgehead atoms. The van der Waals surface area contributed by atoms with Crippen LogP contribution in [-0.4, -0.2) is 30.4 Å². The second-order valence-electron chi connectivity index (χ2n) is 5.29. The summed E-state index contributed by atoms with van der Waals surface area (Å²) in [4.78, 5) is 13.9. The molecule has 1 amide bonds. The van der Waals surface area contributed by atoms with E-state index in [2.05, 4.69) is 27.7 Å². The summed E-state index contributed by atoms with van der Waals surface area (Å²) >= 11 is 0. The SMILES string of the molecule is CCCCC(=O)N(CCC)CC(C)(C)CN. The number of amides is 1. The highest BCUT2D eigenvalue weighted by atomic mass is 16.2. The summed E-state index contributed by atoms with van der Waals surface area (Å²) in [5.74, 6) is 0.283. The number of hydrogen-bond acceptors (Lipinski definition) is 2. The zero-order valence-corrected chi connectivity index (χ0v) is 11.4. The van der Waals surface area contributed by atoms with Crippen LogP contribution >= 0.6 is 0 Å². The van der Waals surface area contributed by atoms with E-state index >= 15 is 0 Å². The lowest BCUT2D eigenvalue weighted by Gasteiger charge is -2.31. The quantitative estimate of drug-likeness (QED) is 0.693. The lowest BCUT2D eigenvalue weighted by Crippen LogP contribution is -2.42. The zero-order chi connectivity index (χ0) is 12.6.